The van der Waals surface area contributed by atoms with Crippen molar-refractivity contribution < 1.29 is 9.32 Å². The minimum absolute atomic E-state index is 0.136. The van der Waals surface area contributed by atoms with Crippen LogP contribution in [0, 0.1) is 0 Å². The smallest absolute Gasteiger partial charge is 0.316 e. The predicted molar refractivity (Wildman–Crippen MR) is 70.5 cm³/mol. The van der Waals surface area contributed by atoms with Gasteiger partial charge in [-0.15, -0.1) is 0 Å². The molecule has 1 heterocycles. The Bertz CT molecular complexity index is 537. The van der Waals surface area contributed by atoms with E-state index in [0.29, 0.717) is 24.7 Å². The lowest BCUT2D eigenvalue weighted by atomic mass is 10.2. The fraction of sp³-hybridized carbons (Fsp3) is 0.308. The van der Waals surface area contributed by atoms with Crippen LogP contribution < -0.4 is 5.32 Å². The van der Waals surface area contributed by atoms with Crippen LogP contribution in [0.4, 0.5) is 4.79 Å². The number of rotatable bonds is 4. The van der Waals surface area contributed by atoms with Gasteiger partial charge in [-0.25, -0.2) is 4.79 Å². The third-order valence-electron chi connectivity index (χ3n) is 2.52. The Balaban J connectivity index is 1.90. The molecule has 2 aromatic rings. The predicted octanol–water partition coefficient (Wildman–Crippen LogP) is 1.55. The first kappa shape index (κ1) is 13.1. The maximum Gasteiger partial charge on any atom is 0.316 e. The van der Waals surface area contributed by atoms with Gasteiger partial charge in [0.05, 0.1) is 0 Å². The third-order valence-corrected chi connectivity index (χ3v) is 2.52. The molecule has 0 spiro atoms. The van der Waals surface area contributed by atoms with Crippen LogP contribution in [-0.2, 0) is 6.42 Å². The number of hydrogen-bond donors (Lipinski definition) is 1. The van der Waals surface area contributed by atoms with Crippen LogP contribution in [0.3, 0.4) is 0 Å². The SMILES string of the molecule is CN(C)C(=O)NCCc1nc(-c2ccccc2)no1. The van der Waals surface area contributed by atoms with E-state index in [4.69, 9.17) is 4.52 Å². The monoisotopic (exact) mass is 260 g/mol. The fourth-order valence-electron chi connectivity index (χ4n) is 1.50. The molecule has 1 aromatic carbocycles. The summed E-state index contributed by atoms with van der Waals surface area (Å²) in [5.74, 6) is 1.08. The first-order chi connectivity index (χ1) is 9.16. The Labute approximate surface area is 111 Å². The van der Waals surface area contributed by atoms with E-state index in [1.54, 1.807) is 14.1 Å². The topological polar surface area (TPSA) is 71.3 Å². The standard InChI is InChI=1S/C13H16N4O2/c1-17(2)13(18)14-9-8-11-15-12(16-19-11)10-6-4-3-5-7-10/h3-7H,8-9H2,1-2H3,(H,14,18). The van der Waals surface area contributed by atoms with Crippen molar-refractivity contribution >= 4 is 6.03 Å². The minimum Gasteiger partial charge on any atom is -0.339 e. The highest BCUT2D eigenvalue weighted by molar-refractivity contribution is 5.73. The van der Waals surface area contributed by atoms with E-state index in [9.17, 15) is 4.79 Å². The number of carbonyl (C=O) groups is 1. The Morgan fingerprint density at radius 2 is 2.05 bits per heavy atom. The van der Waals surface area contributed by atoms with Gasteiger partial charge in [0.1, 0.15) is 0 Å². The summed E-state index contributed by atoms with van der Waals surface area (Å²) in [5, 5.41) is 6.65. The highest BCUT2D eigenvalue weighted by Crippen LogP contribution is 2.14. The summed E-state index contributed by atoms with van der Waals surface area (Å²) in [4.78, 5) is 17.1. The molecule has 0 atom stereocenters. The Morgan fingerprint density at radius 3 is 2.74 bits per heavy atom. The van der Waals surface area contributed by atoms with Gasteiger partial charge in [-0.2, -0.15) is 4.98 Å². The van der Waals surface area contributed by atoms with Crippen LogP contribution in [0.15, 0.2) is 34.9 Å². The summed E-state index contributed by atoms with van der Waals surface area (Å²) in [6.07, 6.45) is 0.513. The van der Waals surface area contributed by atoms with E-state index < -0.39 is 0 Å². The Morgan fingerprint density at radius 1 is 1.32 bits per heavy atom. The molecule has 0 radical (unpaired) electrons. The van der Waals surface area contributed by atoms with Crippen LogP contribution in [0.1, 0.15) is 5.89 Å². The maximum absolute atomic E-state index is 11.3. The van der Waals surface area contributed by atoms with Gasteiger partial charge in [-0.05, 0) is 0 Å². The first-order valence-electron chi connectivity index (χ1n) is 6.00. The molecule has 2 amide bonds. The van der Waals surface area contributed by atoms with E-state index in [-0.39, 0.29) is 6.03 Å². The van der Waals surface area contributed by atoms with Gasteiger partial charge >= 0.3 is 6.03 Å². The van der Waals surface area contributed by atoms with Crippen LogP contribution in [0.2, 0.25) is 0 Å². The first-order valence-corrected chi connectivity index (χ1v) is 6.00. The molecule has 6 nitrogen and oxygen atoms in total. The summed E-state index contributed by atoms with van der Waals surface area (Å²) in [5.41, 5.74) is 0.912. The summed E-state index contributed by atoms with van der Waals surface area (Å²) in [6.45, 7) is 0.466. The van der Waals surface area contributed by atoms with E-state index in [0.717, 1.165) is 5.56 Å². The lowest BCUT2D eigenvalue weighted by molar-refractivity contribution is 0.217. The molecule has 100 valence electrons. The van der Waals surface area contributed by atoms with E-state index in [2.05, 4.69) is 15.5 Å². The highest BCUT2D eigenvalue weighted by Gasteiger charge is 2.08. The van der Waals surface area contributed by atoms with Crippen molar-refractivity contribution in [2.45, 2.75) is 6.42 Å². The zero-order valence-electron chi connectivity index (χ0n) is 11.0. The van der Waals surface area contributed by atoms with Crippen LogP contribution in [-0.4, -0.2) is 41.7 Å². The summed E-state index contributed by atoms with van der Waals surface area (Å²) < 4.78 is 5.14. The molecule has 1 aromatic heterocycles. The Kier molecular flexibility index (Phi) is 4.12. The summed E-state index contributed by atoms with van der Waals surface area (Å²) in [6, 6.07) is 9.47. The van der Waals surface area contributed by atoms with Crippen molar-refractivity contribution in [2.75, 3.05) is 20.6 Å². The number of amides is 2. The number of carbonyl (C=O) groups excluding carboxylic acids is 1. The molecule has 0 aliphatic rings. The van der Waals surface area contributed by atoms with E-state index in [1.165, 1.54) is 4.90 Å². The molecule has 0 aliphatic heterocycles. The van der Waals surface area contributed by atoms with Crippen LogP contribution in [0.5, 0.6) is 0 Å². The van der Waals surface area contributed by atoms with Crippen molar-refractivity contribution in [2.24, 2.45) is 0 Å². The molecular weight excluding hydrogens is 244 g/mol. The number of benzene rings is 1. The van der Waals surface area contributed by atoms with Gasteiger partial charge in [-0.1, -0.05) is 35.5 Å². The molecule has 2 rings (SSSR count). The van der Waals surface area contributed by atoms with Crippen molar-refractivity contribution in [3.63, 3.8) is 0 Å². The molecule has 19 heavy (non-hydrogen) atoms. The third kappa shape index (κ3) is 3.54. The van der Waals surface area contributed by atoms with Gasteiger partial charge in [0.2, 0.25) is 11.7 Å². The largest absolute Gasteiger partial charge is 0.339 e. The zero-order valence-corrected chi connectivity index (χ0v) is 11.0. The number of hydrogen-bond acceptors (Lipinski definition) is 4. The number of nitrogens with zero attached hydrogens (tertiary/aromatic N) is 3. The second-order valence-electron chi connectivity index (χ2n) is 4.25. The number of urea groups is 1. The number of nitrogens with one attached hydrogen (secondary N) is 1. The van der Waals surface area contributed by atoms with Gasteiger partial charge < -0.3 is 14.7 Å². The van der Waals surface area contributed by atoms with Crippen molar-refractivity contribution in [3.8, 4) is 11.4 Å². The second kappa shape index (κ2) is 5.99. The highest BCUT2D eigenvalue weighted by atomic mass is 16.5. The average Bonchev–Trinajstić information content (AvgIpc) is 2.88. The lowest BCUT2D eigenvalue weighted by Crippen LogP contribution is -2.35. The number of aromatic nitrogens is 2. The minimum atomic E-state index is -0.136. The Hall–Kier alpha value is -2.37. The van der Waals surface area contributed by atoms with Crippen molar-refractivity contribution in [1.82, 2.24) is 20.4 Å². The molecule has 1 N–H and O–H groups in total. The molecule has 0 fully saturated rings. The maximum atomic E-state index is 11.3. The van der Waals surface area contributed by atoms with Gasteiger partial charge in [-0.3, -0.25) is 0 Å². The molecule has 0 saturated heterocycles. The van der Waals surface area contributed by atoms with Crippen molar-refractivity contribution in [1.29, 1.82) is 0 Å². The molecule has 6 heteroatoms. The average molecular weight is 260 g/mol. The second-order valence-corrected chi connectivity index (χ2v) is 4.25. The molecule has 0 saturated carbocycles. The van der Waals surface area contributed by atoms with Gasteiger partial charge in [0, 0.05) is 32.6 Å². The molecule has 0 bridgehead atoms. The lowest BCUT2D eigenvalue weighted by Gasteiger charge is -2.10. The quantitative estimate of drug-likeness (QED) is 0.905. The van der Waals surface area contributed by atoms with E-state index >= 15 is 0 Å². The van der Waals surface area contributed by atoms with E-state index in [1.807, 2.05) is 30.3 Å². The van der Waals surface area contributed by atoms with Gasteiger partial charge in [0.25, 0.3) is 0 Å². The fourth-order valence-corrected chi connectivity index (χ4v) is 1.50. The van der Waals surface area contributed by atoms with Gasteiger partial charge in [0.15, 0.2) is 0 Å². The molecule has 0 unspecified atom stereocenters. The van der Waals surface area contributed by atoms with Crippen LogP contribution in [0.25, 0.3) is 11.4 Å². The molecular formula is C13H16N4O2. The van der Waals surface area contributed by atoms with Crippen LogP contribution >= 0.6 is 0 Å². The zero-order chi connectivity index (χ0) is 13.7. The molecule has 0 aliphatic carbocycles. The summed E-state index contributed by atoms with van der Waals surface area (Å²) >= 11 is 0. The summed E-state index contributed by atoms with van der Waals surface area (Å²) in [7, 11) is 3.38. The normalized spacial score (nSPS) is 10.2. The van der Waals surface area contributed by atoms with Crippen molar-refractivity contribution in [3.05, 3.63) is 36.2 Å².